The summed E-state index contributed by atoms with van der Waals surface area (Å²) < 4.78 is 5.73. The molecule has 4 heteroatoms. The molecule has 1 aliphatic heterocycles. The molecule has 1 aromatic rings. The molecule has 4 nitrogen and oxygen atoms in total. The van der Waals surface area contributed by atoms with Crippen molar-refractivity contribution in [1.82, 2.24) is 4.90 Å². The largest absolute Gasteiger partial charge is 0.493 e. The van der Waals surface area contributed by atoms with Crippen LogP contribution in [0.25, 0.3) is 0 Å². The average molecular weight is 276 g/mol. The first-order valence-corrected chi connectivity index (χ1v) is 7.30. The van der Waals surface area contributed by atoms with Crippen LogP contribution in [-0.2, 0) is 4.79 Å². The Balaban J connectivity index is 1.80. The van der Waals surface area contributed by atoms with Gasteiger partial charge in [0.05, 0.1) is 13.0 Å². The van der Waals surface area contributed by atoms with Crippen molar-refractivity contribution in [2.75, 3.05) is 19.7 Å². The van der Waals surface area contributed by atoms with E-state index in [9.17, 15) is 4.79 Å². The lowest BCUT2D eigenvalue weighted by Gasteiger charge is -2.30. The number of benzene rings is 1. The van der Waals surface area contributed by atoms with Crippen molar-refractivity contribution in [3.8, 4) is 5.75 Å². The summed E-state index contributed by atoms with van der Waals surface area (Å²) in [6.45, 7) is 6.03. The van der Waals surface area contributed by atoms with Gasteiger partial charge in [-0.1, -0.05) is 12.1 Å². The van der Waals surface area contributed by atoms with E-state index in [-0.39, 0.29) is 11.9 Å². The predicted molar refractivity (Wildman–Crippen MR) is 79.8 cm³/mol. The number of likely N-dealkylation sites (tertiary alicyclic amines) is 1. The minimum absolute atomic E-state index is 0.132. The average Bonchev–Trinajstić information content (AvgIpc) is 2.43. The zero-order chi connectivity index (χ0) is 14.5. The molecule has 1 aliphatic rings. The number of nitrogens with two attached hydrogens (primary N) is 1. The minimum Gasteiger partial charge on any atom is -0.493 e. The molecule has 2 N–H and O–H groups in total. The van der Waals surface area contributed by atoms with Crippen LogP contribution in [-0.4, -0.2) is 36.5 Å². The van der Waals surface area contributed by atoms with Crippen molar-refractivity contribution in [2.24, 2.45) is 5.73 Å². The summed E-state index contributed by atoms with van der Waals surface area (Å²) in [6.07, 6.45) is 2.44. The number of amides is 1. The summed E-state index contributed by atoms with van der Waals surface area (Å²) in [5.74, 6) is 1.01. The maximum atomic E-state index is 12.1. The zero-order valence-corrected chi connectivity index (χ0v) is 12.4. The van der Waals surface area contributed by atoms with Crippen LogP contribution in [0.1, 0.15) is 30.4 Å². The number of aryl methyl sites for hydroxylation is 1. The molecule has 1 heterocycles. The molecule has 110 valence electrons. The first-order valence-electron chi connectivity index (χ1n) is 7.30. The SMILES string of the molecule is Cc1cccc(OCCC(=O)N2CCCC(N)C2)c1C. The van der Waals surface area contributed by atoms with Gasteiger partial charge in [0.25, 0.3) is 0 Å². The van der Waals surface area contributed by atoms with Crippen molar-refractivity contribution >= 4 is 5.91 Å². The fourth-order valence-corrected chi connectivity index (χ4v) is 2.52. The summed E-state index contributed by atoms with van der Waals surface area (Å²) in [4.78, 5) is 13.9. The number of carbonyl (C=O) groups excluding carboxylic acids is 1. The van der Waals surface area contributed by atoms with E-state index in [0.29, 0.717) is 19.6 Å². The number of hydrogen-bond donors (Lipinski definition) is 1. The van der Waals surface area contributed by atoms with E-state index in [4.69, 9.17) is 10.5 Å². The first kappa shape index (κ1) is 14.9. The van der Waals surface area contributed by atoms with Gasteiger partial charge in [0.2, 0.25) is 5.91 Å². The van der Waals surface area contributed by atoms with Crippen LogP contribution >= 0.6 is 0 Å². The molecular formula is C16H24N2O2. The molecule has 0 radical (unpaired) electrons. The molecule has 0 aliphatic carbocycles. The molecule has 1 saturated heterocycles. The second kappa shape index (κ2) is 6.75. The lowest BCUT2D eigenvalue weighted by atomic mass is 10.1. The highest BCUT2D eigenvalue weighted by Crippen LogP contribution is 2.20. The van der Waals surface area contributed by atoms with Crippen LogP contribution in [0.5, 0.6) is 5.75 Å². The Morgan fingerprint density at radius 1 is 1.45 bits per heavy atom. The number of hydrogen-bond acceptors (Lipinski definition) is 3. The van der Waals surface area contributed by atoms with Crippen LogP contribution in [0.15, 0.2) is 18.2 Å². The van der Waals surface area contributed by atoms with E-state index in [2.05, 4.69) is 13.0 Å². The smallest absolute Gasteiger partial charge is 0.226 e. The molecule has 1 fully saturated rings. The highest BCUT2D eigenvalue weighted by atomic mass is 16.5. The van der Waals surface area contributed by atoms with Crippen LogP contribution in [0.2, 0.25) is 0 Å². The van der Waals surface area contributed by atoms with E-state index in [1.807, 2.05) is 24.0 Å². The Morgan fingerprint density at radius 3 is 3.00 bits per heavy atom. The Morgan fingerprint density at radius 2 is 2.25 bits per heavy atom. The van der Waals surface area contributed by atoms with Gasteiger partial charge in [-0.3, -0.25) is 4.79 Å². The standard InChI is InChI=1S/C16H24N2O2/c1-12-5-3-7-15(13(12)2)20-10-8-16(19)18-9-4-6-14(17)11-18/h3,5,7,14H,4,6,8-11,17H2,1-2H3. The number of rotatable bonds is 4. The third-order valence-corrected chi connectivity index (χ3v) is 3.94. The number of nitrogens with zero attached hydrogens (tertiary/aromatic N) is 1. The highest BCUT2D eigenvalue weighted by molar-refractivity contribution is 5.76. The second-order valence-electron chi connectivity index (χ2n) is 5.54. The molecule has 20 heavy (non-hydrogen) atoms. The summed E-state index contributed by atoms with van der Waals surface area (Å²) in [7, 11) is 0. The van der Waals surface area contributed by atoms with Gasteiger partial charge >= 0.3 is 0 Å². The molecule has 1 aromatic carbocycles. The number of carbonyl (C=O) groups is 1. The summed E-state index contributed by atoms with van der Waals surface area (Å²) in [5.41, 5.74) is 8.24. The Labute approximate surface area is 120 Å². The number of piperidine rings is 1. The van der Waals surface area contributed by atoms with Gasteiger partial charge in [-0.2, -0.15) is 0 Å². The van der Waals surface area contributed by atoms with Crippen LogP contribution in [0.3, 0.4) is 0 Å². The van der Waals surface area contributed by atoms with Gasteiger partial charge in [-0.25, -0.2) is 0 Å². The highest BCUT2D eigenvalue weighted by Gasteiger charge is 2.20. The monoisotopic (exact) mass is 276 g/mol. The topological polar surface area (TPSA) is 55.6 Å². The molecule has 1 unspecified atom stereocenters. The Kier molecular flexibility index (Phi) is 5.01. The van der Waals surface area contributed by atoms with Gasteiger partial charge in [0, 0.05) is 19.1 Å². The van der Waals surface area contributed by atoms with Crippen molar-refractivity contribution in [1.29, 1.82) is 0 Å². The normalized spacial score (nSPS) is 18.9. The molecule has 0 bridgehead atoms. The molecule has 2 rings (SSSR count). The summed E-state index contributed by atoms with van der Waals surface area (Å²) >= 11 is 0. The van der Waals surface area contributed by atoms with E-state index < -0.39 is 0 Å². The van der Waals surface area contributed by atoms with Gasteiger partial charge in [0.1, 0.15) is 5.75 Å². The van der Waals surface area contributed by atoms with Crippen molar-refractivity contribution in [3.63, 3.8) is 0 Å². The van der Waals surface area contributed by atoms with E-state index in [0.717, 1.165) is 30.7 Å². The fraction of sp³-hybridized carbons (Fsp3) is 0.562. The molecule has 0 aromatic heterocycles. The minimum atomic E-state index is 0.132. The Hall–Kier alpha value is -1.55. The first-order chi connectivity index (χ1) is 9.58. The summed E-state index contributed by atoms with van der Waals surface area (Å²) in [5, 5.41) is 0. The zero-order valence-electron chi connectivity index (χ0n) is 12.4. The van der Waals surface area contributed by atoms with Gasteiger partial charge < -0.3 is 15.4 Å². The molecule has 1 amide bonds. The predicted octanol–water partition coefficient (Wildman–Crippen LogP) is 2.02. The lowest BCUT2D eigenvalue weighted by molar-refractivity contribution is -0.132. The maximum absolute atomic E-state index is 12.1. The molecule has 1 atom stereocenters. The van der Waals surface area contributed by atoms with E-state index >= 15 is 0 Å². The van der Waals surface area contributed by atoms with Gasteiger partial charge in [-0.15, -0.1) is 0 Å². The van der Waals surface area contributed by atoms with Crippen molar-refractivity contribution in [3.05, 3.63) is 29.3 Å². The van der Waals surface area contributed by atoms with Crippen LogP contribution < -0.4 is 10.5 Å². The van der Waals surface area contributed by atoms with Gasteiger partial charge in [-0.05, 0) is 43.9 Å². The molecule has 0 saturated carbocycles. The quantitative estimate of drug-likeness (QED) is 0.915. The van der Waals surface area contributed by atoms with Gasteiger partial charge in [0.15, 0.2) is 0 Å². The Bertz CT molecular complexity index is 474. The molecular weight excluding hydrogens is 252 g/mol. The van der Waals surface area contributed by atoms with Crippen molar-refractivity contribution in [2.45, 2.75) is 39.2 Å². The second-order valence-corrected chi connectivity index (χ2v) is 5.54. The summed E-state index contributed by atoms with van der Waals surface area (Å²) in [6, 6.07) is 6.11. The van der Waals surface area contributed by atoms with E-state index in [1.165, 1.54) is 5.56 Å². The molecule has 0 spiro atoms. The maximum Gasteiger partial charge on any atom is 0.226 e. The third-order valence-electron chi connectivity index (χ3n) is 3.94. The van der Waals surface area contributed by atoms with Crippen LogP contribution in [0, 0.1) is 13.8 Å². The lowest BCUT2D eigenvalue weighted by Crippen LogP contribution is -2.46. The van der Waals surface area contributed by atoms with Crippen molar-refractivity contribution < 1.29 is 9.53 Å². The third kappa shape index (κ3) is 3.73. The number of ether oxygens (including phenoxy) is 1. The fourth-order valence-electron chi connectivity index (χ4n) is 2.52. The van der Waals surface area contributed by atoms with E-state index in [1.54, 1.807) is 0 Å². The van der Waals surface area contributed by atoms with Crippen LogP contribution in [0.4, 0.5) is 0 Å².